The van der Waals surface area contributed by atoms with Crippen molar-refractivity contribution in [3.05, 3.63) is 64.8 Å². The fourth-order valence-corrected chi connectivity index (χ4v) is 3.85. The van der Waals surface area contributed by atoms with Gasteiger partial charge in [0, 0.05) is 28.7 Å². The molecule has 23 heavy (non-hydrogen) atoms. The van der Waals surface area contributed by atoms with Gasteiger partial charge in [-0.25, -0.2) is 13.1 Å². The maximum atomic E-state index is 12.3. The molecule has 1 heterocycles. The third-order valence-electron chi connectivity index (χ3n) is 3.72. The van der Waals surface area contributed by atoms with Crippen LogP contribution in [0, 0.1) is 6.92 Å². The largest absolute Gasteiger partial charge is 0.361 e. The van der Waals surface area contributed by atoms with Crippen LogP contribution < -0.4 is 4.72 Å². The summed E-state index contributed by atoms with van der Waals surface area (Å²) in [5.74, 6) is 0. The number of sulfonamides is 1. The second-order valence-corrected chi connectivity index (χ2v) is 7.67. The molecule has 120 valence electrons. The zero-order chi connectivity index (χ0) is 16.4. The third-order valence-corrected chi connectivity index (χ3v) is 5.41. The van der Waals surface area contributed by atoms with E-state index in [1.54, 1.807) is 18.2 Å². The normalized spacial score (nSPS) is 11.9. The molecule has 3 rings (SSSR count). The number of halogens is 1. The number of benzene rings is 2. The molecule has 4 nitrogen and oxygen atoms in total. The summed E-state index contributed by atoms with van der Waals surface area (Å²) in [6, 6.07) is 12.5. The van der Waals surface area contributed by atoms with E-state index in [0.29, 0.717) is 22.9 Å². The number of hydrogen-bond donors (Lipinski definition) is 2. The van der Waals surface area contributed by atoms with Crippen LogP contribution in [-0.2, 0) is 16.4 Å². The van der Waals surface area contributed by atoms with Gasteiger partial charge in [-0.15, -0.1) is 0 Å². The van der Waals surface area contributed by atoms with Gasteiger partial charge in [0.2, 0.25) is 10.0 Å². The monoisotopic (exact) mass is 348 g/mol. The fraction of sp³-hybridized carbons (Fsp3) is 0.176. The Hall–Kier alpha value is -1.82. The Labute approximate surface area is 140 Å². The first-order valence-corrected chi connectivity index (χ1v) is 9.14. The van der Waals surface area contributed by atoms with Gasteiger partial charge in [-0.05, 0) is 54.8 Å². The van der Waals surface area contributed by atoms with Crippen molar-refractivity contribution >= 4 is 32.5 Å². The fourth-order valence-electron chi connectivity index (χ4n) is 2.54. The van der Waals surface area contributed by atoms with Gasteiger partial charge in [0.15, 0.2) is 0 Å². The highest BCUT2D eigenvalue weighted by molar-refractivity contribution is 7.89. The Balaban J connectivity index is 1.72. The molecule has 0 aliphatic rings. The van der Waals surface area contributed by atoms with Crippen LogP contribution in [0.2, 0.25) is 5.02 Å². The molecule has 0 bridgehead atoms. The summed E-state index contributed by atoms with van der Waals surface area (Å²) in [6.07, 6.45) is 2.48. The van der Waals surface area contributed by atoms with E-state index >= 15 is 0 Å². The molecule has 0 unspecified atom stereocenters. The van der Waals surface area contributed by atoms with Gasteiger partial charge >= 0.3 is 0 Å². The molecule has 0 fully saturated rings. The number of aromatic nitrogens is 1. The van der Waals surface area contributed by atoms with E-state index in [2.05, 4.69) is 9.71 Å². The van der Waals surface area contributed by atoms with Crippen LogP contribution in [0.1, 0.15) is 11.1 Å². The lowest BCUT2D eigenvalue weighted by molar-refractivity contribution is 0.581. The Bertz CT molecular complexity index is 948. The summed E-state index contributed by atoms with van der Waals surface area (Å²) in [5, 5.41) is 1.69. The van der Waals surface area contributed by atoms with Crippen LogP contribution in [0.5, 0.6) is 0 Å². The maximum Gasteiger partial charge on any atom is 0.240 e. The lowest BCUT2D eigenvalue weighted by Crippen LogP contribution is -2.26. The van der Waals surface area contributed by atoms with Crippen LogP contribution in [0.25, 0.3) is 10.9 Å². The molecule has 0 amide bonds. The van der Waals surface area contributed by atoms with Gasteiger partial charge in [-0.1, -0.05) is 23.7 Å². The van der Waals surface area contributed by atoms with Gasteiger partial charge in [-0.3, -0.25) is 0 Å². The summed E-state index contributed by atoms with van der Waals surface area (Å²) in [4.78, 5) is 3.46. The molecular formula is C17H17ClN2O2S. The zero-order valence-corrected chi connectivity index (χ0v) is 14.2. The molecule has 3 aromatic rings. The molecule has 2 N–H and O–H groups in total. The van der Waals surface area contributed by atoms with Crippen LogP contribution in [0.15, 0.2) is 53.6 Å². The standard InChI is InChI=1S/C17H17ClN2O2S/c1-12-3-2-4-15(9-12)23(21,22)20-8-7-13-11-19-17-6-5-14(18)10-16(13)17/h2-6,9-11,19-20H,7-8H2,1H3. The first-order valence-electron chi connectivity index (χ1n) is 7.27. The number of aryl methyl sites for hydroxylation is 1. The summed E-state index contributed by atoms with van der Waals surface area (Å²) in [7, 11) is -3.48. The number of H-pyrrole nitrogens is 1. The van der Waals surface area contributed by atoms with E-state index < -0.39 is 10.0 Å². The van der Waals surface area contributed by atoms with E-state index in [1.165, 1.54) is 0 Å². The van der Waals surface area contributed by atoms with Crippen LogP contribution in [-0.4, -0.2) is 19.9 Å². The van der Waals surface area contributed by atoms with Crippen LogP contribution >= 0.6 is 11.6 Å². The quantitative estimate of drug-likeness (QED) is 0.739. The Morgan fingerprint density at radius 2 is 2.00 bits per heavy atom. The summed E-state index contributed by atoms with van der Waals surface area (Å²) in [5.41, 5.74) is 2.94. The van der Waals surface area contributed by atoms with Gasteiger partial charge in [0.25, 0.3) is 0 Å². The van der Waals surface area contributed by atoms with Crippen molar-refractivity contribution in [3.8, 4) is 0 Å². The summed E-state index contributed by atoms with van der Waals surface area (Å²) in [6.45, 7) is 2.20. The minimum absolute atomic E-state index is 0.291. The number of rotatable bonds is 5. The van der Waals surface area contributed by atoms with Crippen molar-refractivity contribution in [1.29, 1.82) is 0 Å². The molecule has 2 aromatic carbocycles. The summed E-state index contributed by atoms with van der Waals surface area (Å²) < 4.78 is 27.2. The highest BCUT2D eigenvalue weighted by Gasteiger charge is 2.13. The Morgan fingerprint density at radius 1 is 1.17 bits per heavy atom. The highest BCUT2D eigenvalue weighted by Crippen LogP contribution is 2.22. The second-order valence-electron chi connectivity index (χ2n) is 5.47. The molecule has 0 saturated carbocycles. The van der Waals surface area contributed by atoms with E-state index in [9.17, 15) is 8.42 Å². The van der Waals surface area contributed by atoms with E-state index in [-0.39, 0.29) is 0 Å². The van der Waals surface area contributed by atoms with E-state index in [1.807, 2.05) is 37.4 Å². The highest BCUT2D eigenvalue weighted by atomic mass is 35.5. The molecule has 0 aliphatic heterocycles. The SMILES string of the molecule is Cc1cccc(S(=O)(=O)NCCc2c[nH]c3ccc(Cl)cc23)c1. The maximum absolute atomic E-state index is 12.3. The van der Waals surface area contributed by atoms with Crippen molar-refractivity contribution in [2.24, 2.45) is 0 Å². The van der Waals surface area contributed by atoms with Crippen LogP contribution in [0.3, 0.4) is 0 Å². The first-order chi connectivity index (χ1) is 11.0. The minimum atomic E-state index is -3.48. The minimum Gasteiger partial charge on any atom is -0.361 e. The number of hydrogen-bond acceptors (Lipinski definition) is 2. The Morgan fingerprint density at radius 3 is 2.78 bits per heavy atom. The van der Waals surface area contributed by atoms with Crippen molar-refractivity contribution in [1.82, 2.24) is 9.71 Å². The average Bonchev–Trinajstić information content (AvgIpc) is 2.90. The lowest BCUT2D eigenvalue weighted by atomic mass is 10.1. The smallest absolute Gasteiger partial charge is 0.240 e. The van der Waals surface area contributed by atoms with Crippen molar-refractivity contribution in [2.75, 3.05) is 6.54 Å². The third kappa shape index (κ3) is 3.58. The number of aromatic amines is 1. The summed E-state index contributed by atoms with van der Waals surface area (Å²) >= 11 is 6.02. The topological polar surface area (TPSA) is 62.0 Å². The van der Waals surface area contributed by atoms with Gasteiger partial charge < -0.3 is 4.98 Å². The number of nitrogens with one attached hydrogen (secondary N) is 2. The van der Waals surface area contributed by atoms with Gasteiger partial charge in [0.1, 0.15) is 0 Å². The average molecular weight is 349 g/mol. The lowest BCUT2D eigenvalue weighted by Gasteiger charge is -2.07. The van der Waals surface area contributed by atoms with Gasteiger partial charge in [0.05, 0.1) is 4.90 Å². The van der Waals surface area contributed by atoms with E-state index in [4.69, 9.17) is 11.6 Å². The zero-order valence-electron chi connectivity index (χ0n) is 12.6. The predicted octanol–water partition coefficient (Wildman–Crippen LogP) is 3.65. The van der Waals surface area contributed by atoms with E-state index in [0.717, 1.165) is 22.0 Å². The van der Waals surface area contributed by atoms with Crippen molar-refractivity contribution in [2.45, 2.75) is 18.2 Å². The van der Waals surface area contributed by atoms with Gasteiger partial charge in [-0.2, -0.15) is 0 Å². The van der Waals surface area contributed by atoms with Crippen LogP contribution in [0.4, 0.5) is 0 Å². The molecule has 6 heteroatoms. The molecule has 0 saturated heterocycles. The second kappa shape index (κ2) is 6.35. The predicted molar refractivity (Wildman–Crippen MR) is 93.4 cm³/mol. The molecule has 0 atom stereocenters. The number of fused-ring (bicyclic) bond motifs is 1. The van der Waals surface area contributed by atoms with Crippen molar-refractivity contribution in [3.63, 3.8) is 0 Å². The molecule has 0 aliphatic carbocycles. The molecule has 0 radical (unpaired) electrons. The Kier molecular flexibility index (Phi) is 4.43. The first kappa shape index (κ1) is 16.1. The molecule has 1 aromatic heterocycles. The molecular weight excluding hydrogens is 332 g/mol. The molecule has 0 spiro atoms. The van der Waals surface area contributed by atoms with Crippen molar-refractivity contribution < 1.29 is 8.42 Å².